The van der Waals surface area contributed by atoms with E-state index in [0.29, 0.717) is 6.61 Å². The molecule has 2 unspecified atom stereocenters. The molecule has 0 fully saturated rings. The van der Waals surface area contributed by atoms with E-state index >= 15 is 0 Å². The smallest absolute Gasteiger partial charge is 0.488 e. The number of unbranched alkanes of at least 4 members (excludes halogenated alkanes) is 16. The molecule has 1 aromatic carbocycles. The minimum Gasteiger partial charge on any atom is -0.566 e. The van der Waals surface area contributed by atoms with Gasteiger partial charge in [0.15, 0.2) is 0 Å². The van der Waals surface area contributed by atoms with E-state index in [9.17, 15) is 23.0 Å². The van der Waals surface area contributed by atoms with Gasteiger partial charge in [0.05, 0.1) is 25.6 Å². The number of nitrogens with one attached hydrogen (secondary N) is 1. The summed E-state index contributed by atoms with van der Waals surface area (Å²) in [7, 11) is -6.01. The molecule has 2 N–H and O–H groups in total. The Balaban J connectivity index is 0.00000104. The second kappa shape index (κ2) is 31.1. The van der Waals surface area contributed by atoms with E-state index in [2.05, 4.69) is 23.1 Å². The Bertz CT molecular complexity index is 843. The lowest BCUT2D eigenvalue weighted by atomic mass is 10.0. The Hall–Kier alpha value is -0.930. The van der Waals surface area contributed by atoms with Crippen LogP contribution in [0.4, 0.5) is 0 Å². The van der Waals surface area contributed by atoms with Gasteiger partial charge in [-0.1, -0.05) is 153 Å². The van der Waals surface area contributed by atoms with E-state index < -0.39 is 18.3 Å². The van der Waals surface area contributed by atoms with Gasteiger partial charge in [0.2, 0.25) is 10.0 Å². The molecule has 0 heterocycles. The molecule has 0 aromatic heterocycles. The summed E-state index contributed by atoms with van der Waals surface area (Å²) in [4.78, 5) is 9.99. The monoisotopic (exact) mass is 647 g/mol. The van der Waals surface area contributed by atoms with Crippen LogP contribution in [0.2, 0.25) is 0 Å². The maximum absolute atomic E-state index is 12.2. The van der Waals surface area contributed by atoms with Gasteiger partial charge >= 0.3 is 8.25 Å². The summed E-state index contributed by atoms with van der Waals surface area (Å²) in [6, 6.07) is 9.33. The Morgan fingerprint density at radius 1 is 0.767 bits per heavy atom. The topological polar surface area (TPSA) is 125 Å². The van der Waals surface area contributed by atoms with Crippen molar-refractivity contribution in [2.75, 3.05) is 25.6 Å². The van der Waals surface area contributed by atoms with Gasteiger partial charge in [0.25, 0.3) is 0 Å². The lowest BCUT2D eigenvalue weighted by Crippen LogP contribution is -2.38. The van der Waals surface area contributed by atoms with E-state index in [1.807, 2.05) is 30.3 Å². The van der Waals surface area contributed by atoms with Crippen LogP contribution in [0, 0.1) is 0 Å². The Morgan fingerprint density at radius 2 is 1.26 bits per heavy atom. The van der Waals surface area contributed by atoms with Crippen LogP contribution in [-0.4, -0.2) is 45.1 Å². The van der Waals surface area contributed by atoms with Crippen molar-refractivity contribution in [1.29, 1.82) is 0 Å². The van der Waals surface area contributed by atoms with E-state index in [0.717, 1.165) is 50.5 Å². The maximum atomic E-state index is 12.2. The van der Waals surface area contributed by atoms with Crippen molar-refractivity contribution in [3.63, 3.8) is 0 Å². The molecule has 0 amide bonds. The number of hydrogen-bond acceptors (Lipinski definition) is 7. The van der Waals surface area contributed by atoms with Gasteiger partial charge < -0.3 is 14.7 Å². The fraction of sp³-hybridized carbons (Fsp3) is 0.818. The van der Waals surface area contributed by atoms with Gasteiger partial charge in [0, 0.05) is 6.04 Å². The number of aliphatic hydroxyl groups is 1. The highest BCUT2D eigenvalue weighted by Crippen LogP contribution is 2.14. The van der Waals surface area contributed by atoms with E-state index in [4.69, 9.17) is 4.74 Å². The molecule has 0 aliphatic heterocycles. The summed E-state index contributed by atoms with van der Waals surface area (Å²) in [6.45, 7) is 5.13. The summed E-state index contributed by atoms with van der Waals surface area (Å²) in [5.74, 6) is 0.191. The molecule has 0 radical (unpaired) electrons. The minimum absolute atomic E-state index is 0.0749. The molecule has 0 aliphatic carbocycles. The summed E-state index contributed by atoms with van der Waals surface area (Å²) in [6.07, 6.45) is 22.9. The number of sulfonamides is 1. The minimum atomic E-state index is -3.26. The van der Waals surface area contributed by atoms with Crippen molar-refractivity contribution in [3.8, 4) is 0 Å². The molecule has 43 heavy (non-hydrogen) atoms. The molecule has 1 rings (SSSR count). The molecule has 2 atom stereocenters. The van der Waals surface area contributed by atoms with Crippen LogP contribution in [0.1, 0.15) is 141 Å². The number of hydrogen-bond donors (Lipinski definition) is 2. The van der Waals surface area contributed by atoms with E-state index in [1.54, 1.807) is 0 Å². The van der Waals surface area contributed by atoms with Gasteiger partial charge in [-0.15, -0.1) is 4.52 Å². The highest BCUT2D eigenvalue weighted by molar-refractivity contribution is 7.89. The second-order valence-corrected chi connectivity index (χ2v) is 13.9. The molecule has 0 bridgehead atoms. The van der Waals surface area contributed by atoms with Crippen LogP contribution < -0.4 is 9.62 Å². The third-order valence-electron chi connectivity index (χ3n) is 7.28. The lowest BCUT2D eigenvalue weighted by Gasteiger charge is -2.16. The summed E-state index contributed by atoms with van der Waals surface area (Å²) >= 11 is 0. The number of benzene rings is 1. The highest BCUT2D eigenvalue weighted by Gasteiger charge is 2.16. The molecular weight excluding hydrogens is 585 g/mol. The molecule has 0 saturated heterocycles. The normalized spacial score (nSPS) is 12.5. The van der Waals surface area contributed by atoms with Gasteiger partial charge in [0.1, 0.15) is 6.61 Å². The SMILES string of the molecule is CCCCCCCCCCCCCCCCS(=O)(=O)NC(CO)CCCCCC.O=[P+]([O-])OCCOCc1ccccc1. The summed E-state index contributed by atoms with van der Waals surface area (Å²) in [5, 5.41) is 9.41. The summed E-state index contributed by atoms with van der Waals surface area (Å²) in [5.41, 5.74) is 1.05. The van der Waals surface area contributed by atoms with Crippen molar-refractivity contribution in [1.82, 2.24) is 4.72 Å². The zero-order valence-corrected chi connectivity index (χ0v) is 28.9. The van der Waals surface area contributed by atoms with Crippen LogP contribution in [0.3, 0.4) is 0 Å². The van der Waals surface area contributed by atoms with Crippen molar-refractivity contribution in [2.45, 2.75) is 148 Å². The van der Waals surface area contributed by atoms with Crippen molar-refractivity contribution in [2.24, 2.45) is 0 Å². The third-order valence-corrected chi connectivity index (χ3v) is 9.19. The fourth-order valence-electron chi connectivity index (χ4n) is 4.74. The van der Waals surface area contributed by atoms with Gasteiger partial charge in [-0.2, -0.15) is 0 Å². The predicted molar refractivity (Wildman–Crippen MR) is 177 cm³/mol. The third kappa shape index (κ3) is 30.9. The Labute approximate surface area is 264 Å². The molecule has 0 aliphatic rings. The molecular formula is C33H62NO7PS. The first-order valence-corrected chi connectivity index (χ1v) is 19.6. The first kappa shape index (κ1) is 42.1. The maximum Gasteiger partial charge on any atom is 0.488 e. The van der Waals surface area contributed by atoms with Crippen molar-refractivity contribution < 1.29 is 32.2 Å². The van der Waals surface area contributed by atoms with Gasteiger partial charge in [-0.3, -0.25) is 0 Å². The molecule has 0 spiro atoms. The summed E-state index contributed by atoms with van der Waals surface area (Å²) < 4.78 is 46.5. The largest absolute Gasteiger partial charge is 0.566 e. The van der Waals surface area contributed by atoms with Crippen molar-refractivity contribution in [3.05, 3.63) is 35.9 Å². The zero-order chi connectivity index (χ0) is 31.9. The second-order valence-electron chi connectivity index (χ2n) is 11.4. The van der Waals surface area contributed by atoms with Crippen LogP contribution in [0.15, 0.2) is 30.3 Å². The van der Waals surface area contributed by atoms with Crippen LogP contribution in [0.5, 0.6) is 0 Å². The predicted octanol–water partition coefficient (Wildman–Crippen LogP) is 7.96. The first-order chi connectivity index (χ1) is 20.8. The van der Waals surface area contributed by atoms with Crippen LogP contribution in [-0.2, 0) is 30.5 Å². The Kier molecular flexibility index (Phi) is 30.4. The Morgan fingerprint density at radius 3 is 1.74 bits per heavy atom. The van der Waals surface area contributed by atoms with E-state index in [-0.39, 0.29) is 31.6 Å². The number of aliphatic hydroxyl groups excluding tert-OH is 1. The number of rotatable bonds is 29. The molecule has 1 aromatic rings. The van der Waals surface area contributed by atoms with Crippen LogP contribution in [0.25, 0.3) is 0 Å². The fourth-order valence-corrected chi connectivity index (χ4v) is 6.37. The average Bonchev–Trinajstić information content (AvgIpc) is 2.99. The van der Waals surface area contributed by atoms with Crippen LogP contribution >= 0.6 is 8.25 Å². The lowest BCUT2D eigenvalue weighted by molar-refractivity contribution is -0.186. The van der Waals surface area contributed by atoms with E-state index in [1.165, 1.54) is 77.0 Å². The molecule has 10 heteroatoms. The van der Waals surface area contributed by atoms with Gasteiger partial charge in [-0.05, 0) is 23.0 Å². The zero-order valence-electron chi connectivity index (χ0n) is 27.2. The molecule has 252 valence electrons. The first-order valence-electron chi connectivity index (χ1n) is 16.8. The van der Waals surface area contributed by atoms with Gasteiger partial charge in [-0.25, -0.2) is 13.1 Å². The molecule has 0 saturated carbocycles. The molecule has 8 nitrogen and oxygen atoms in total. The quantitative estimate of drug-likeness (QED) is 0.0668. The highest BCUT2D eigenvalue weighted by atomic mass is 32.2. The number of ether oxygens (including phenoxy) is 1. The average molecular weight is 648 g/mol. The van der Waals surface area contributed by atoms with Crippen molar-refractivity contribution >= 4 is 18.3 Å². The standard InChI is InChI=1S/C24H51NO3S.C9H11O4P/c1-3-5-7-9-10-11-12-13-14-15-16-17-18-20-22-29(27,28)25-24(23-26)21-19-8-6-4-2;10-14(11)13-7-6-12-8-9-4-2-1-3-5-9/h24-26H,3-23H2,1-2H3;1-5H,6-8H2.